The Morgan fingerprint density at radius 3 is 2.31 bits per heavy atom. The molecule has 3 N–H and O–H groups in total. The highest BCUT2D eigenvalue weighted by Gasteiger charge is 2.30. The fourth-order valence-corrected chi connectivity index (χ4v) is 0.598. The molecule has 0 radical (unpaired) electrons. The third-order valence-corrected chi connectivity index (χ3v) is 1.30. The summed E-state index contributed by atoms with van der Waals surface area (Å²) >= 11 is 0. The number of esters is 1. The van der Waals surface area contributed by atoms with Crippen molar-refractivity contribution in [2.45, 2.75) is 19.1 Å². The maximum absolute atomic E-state index is 10.8. The Labute approximate surface area is 74.7 Å². The molecule has 0 bridgehead atoms. The van der Waals surface area contributed by atoms with Gasteiger partial charge in [-0.15, -0.1) is 0 Å². The van der Waals surface area contributed by atoms with Crippen LogP contribution in [-0.2, 0) is 14.3 Å². The number of hydrogen-bond donors (Lipinski definition) is 3. The van der Waals surface area contributed by atoms with E-state index in [1.54, 1.807) is 0 Å². The van der Waals surface area contributed by atoms with E-state index in [1.165, 1.54) is 6.92 Å². The molecule has 0 aromatic rings. The van der Waals surface area contributed by atoms with Gasteiger partial charge in [-0.2, -0.15) is 0 Å². The van der Waals surface area contributed by atoms with Gasteiger partial charge in [0.05, 0.1) is 13.2 Å². The molecular formula is C7H12O6. The van der Waals surface area contributed by atoms with Gasteiger partial charge in [0, 0.05) is 0 Å². The van der Waals surface area contributed by atoms with Gasteiger partial charge in [-0.3, -0.25) is 4.79 Å². The second-order valence-corrected chi connectivity index (χ2v) is 2.28. The minimum atomic E-state index is -1.93. The molecule has 6 nitrogen and oxygen atoms in total. The first-order chi connectivity index (χ1) is 6.04. The van der Waals surface area contributed by atoms with Crippen molar-refractivity contribution in [3.8, 4) is 0 Å². The van der Waals surface area contributed by atoms with E-state index in [2.05, 4.69) is 4.74 Å². The summed E-state index contributed by atoms with van der Waals surface area (Å²) in [5.74, 6) is -2.48. The van der Waals surface area contributed by atoms with Crippen molar-refractivity contribution in [1.82, 2.24) is 0 Å². The van der Waals surface area contributed by atoms with Crippen LogP contribution in [0.25, 0.3) is 0 Å². The number of rotatable bonds is 5. The minimum absolute atomic E-state index is 0.00646. The molecule has 0 heterocycles. The molecule has 13 heavy (non-hydrogen) atoms. The van der Waals surface area contributed by atoms with Gasteiger partial charge in [0.15, 0.2) is 6.10 Å². The van der Waals surface area contributed by atoms with Crippen LogP contribution in [0, 0.1) is 0 Å². The van der Waals surface area contributed by atoms with Crippen molar-refractivity contribution in [3.05, 3.63) is 0 Å². The topological polar surface area (TPSA) is 104 Å². The van der Waals surface area contributed by atoms with Gasteiger partial charge in [-0.25, -0.2) is 4.79 Å². The number of carbonyl (C=O) groups excluding carboxylic acids is 2. The lowest BCUT2D eigenvalue weighted by Gasteiger charge is -2.12. The molecule has 0 aliphatic rings. The second-order valence-electron chi connectivity index (χ2n) is 2.28. The zero-order valence-electron chi connectivity index (χ0n) is 7.14. The molecule has 0 saturated carbocycles. The Morgan fingerprint density at radius 2 is 1.92 bits per heavy atom. The molecule has 0 aliphatic carbocycles. The Hall–Kier alpha value is -0.980. The maximum atomic E-state index is 10.8. The van der Waals surface area contributed by atoms with E-state index in [0.29, 0.717) is 0 Å². The van der Waals surface area contributed by atoms with E-state index >= 15 is 0 Å². The minimum Gasteiger partial charge on any atom is -0.460 e. The summed E-state index contributed by atoms with van der Waals surface area (Å²) in [6, 6.07) is 0. The molecule has 2 atom stereocenters. The normalized spacial score (nSPS) is 14.8. The predicted molar refractivity (Wildman–Crippen MR) is 40.7 cm³/mol. The molecule has 6 heteroatoms. The van der Waals surface area contributed by atoms with Gasteiger partial charge in [-0.05, 0) is 6.92 Å². The highest BCUT2D eigenvalue weighted by Crippen LogP contribution is 1.96. The number of carbonyl (C=O) groups is 2. The fourth-order valence-electron chi connectivity index (χ4n) is 0.598. The van der Waals surface area contributed by atoms with E-state index in [4.69, 9.17) is 15.3 Å². The third-order valence-electron chi connectivity index (χ3n) is 1.30. The molecule has 0 aromatic heterocycles. The summed E-state index contributed by atoms with van der Waals surface area (Å²) in [5, 5.41) is 26.1. The van der Waals surface area contributed by atoms with Crippen LogP contribution >= 0.6 is 0 Å². The van der Waals surface area contributed by atoms with Crippen LogP contribution in [0.3, 0.4) is 0 Å². The SMILES string of the molecule is CCOC(=O)C(=O)[C@@H](O)[C@@H](O)CO. The third kappa shape index (κ3) is 3.49. The van der Waals surface area contributed by atoms with Crippen LogP contribution in [0.5, 0.6) is 0 Å². The first-order valence-electron chi connectivity index (χ1n) is 3.72. The average Bonchev–Trinajstić information content (AvgIpc) is 2.14. The van der Waals surface area contributed by atoms with Gasteiger partial charge in [0.25, 0.3) is 5.78 Å². The summed E-state index contributed by atoms with van der Waals surface area (Å²) in [4.78, 5) is 21.5. The smallest absolute Gasteiger partial charge is 0.377 e. The van der Waals surface area contributed by atoms with E-state index in [1.807, 2.05) is 0 Å². The van der Waals surface area contributed by atoms with E-state index in [0.717, 1.165) is 0 Å². The van der Waals surface area contributed by atoms with E-state index < -0.39 is 30.6 Å². The Kier molecular flexibility index (Phi) is 5.20. The molecule has 0 fully saturated rings. The van der Waals surface area contributed by atoms with Crippen LogP contribution < -0.4 is 0 Å². The summed E-state index contributed by atoms with van der Waals surface area (Å²) in [7, 11) is 0. The molecule has 0 amide bonds. The van der Waals surface area contributed by atoms with Crippen molar-refractivity contribution < 1.29 is 29.6 Å². The fraction of sp³-hybridized carbons (Fsp3) is 0.714. The van der Waals surface area contributed by atoms with Crippen molar-refractivity contribution in [3.63, 3.8) is 0 Å². The molecule has 0 rings (SSSR count). The summed E-state index contributed by atoms with van der Waals surface area (Å²) in [6.07, 6.45) is -3.58. The standard InChI is InChI=1S/C7H12O6/c1-2-13-7(12)6(11)5(10)4(9)3-8/h4-5,8-10H,2-3H2,1H3/t4-,5-/m0/s1. The van der Waals surface area contributed by atoms with Crippen molar-refractivity contribution in [1.29, 1.82) is 0 Å². The lowest BCUT2D eigenvalue weighted by molar-refractivity contribution is -0.160. The number of hydrogen-bond acceptors (Lipinski definition) is 6. The average molecular weight is 192 g/mol. The molecule has 0 unspecified atom stereocenters. The van der Waals surface area contributed by atoms with Gasteiger partial charge in [-0.1, -0.05) is 0 Å². The first-order valence-corrected chi connectivity index (χ1v) is 3.72. The molecule has 0 aliphatic heterocycles. The first kappa shape index (κ1) is 12.0. The van der Waals surface area contributed by atoms with Gasteiger partial charge < -0.3 is 20.1 Å². The van der Waals surface area contributed by atoms with E-state index in [-0.39, 0.29) is 6.61 Å². The van der Waals surface area contributed by atoms with Crippen LogP contribution in [-0.4, -0.2) is 52.5 Å². The van der Waals surface area contributed by atoms with E-state index in [9.17, 15) is 9.59 Å². The Balaban J connectivity index is 4.17. The zero-order valence-corrected chi connectivity index (χ0v) is 7.14. The number of ether oxygens (including phenoxy) is 1. The second kappa shape index (κ2) is 5.63. The van der Waals surface area contributed by atoms with Crippen LogP contribution in [0.2, 0.25) is 0 Å². The lowest BCUT2D eigenvalue weighted by Crippen LogP contribution is -2.40. The van der Waals surface area contributed by atoms with Gasteiger partial charge in [0.2, 0.25) is 0 Å². The quantitative estimate of drug-likeness (QED) is 0.338. The molecular weight excluding hydrogens is 180 g/mol. The van der Waals surface area contributed by atoms with Gasteiger partial charge in [0.1, 0.15) is 6.10 Å². The predicted octanol–water partition coefficient (Wildman–Crippen LogP) is -2.17. The Morgan fingerprint density at radius 1 is 1.38 bits per heavy atom. The number of Topliss-reactive ketones (excluding diaryl/α,β-unsaturated/α-hetero) is 1. The van der Waals surface area contributed by atoms with Crippen molar-refractivity contribution in [2.24, 2.45) is 0 Å². The Bertz CT molecular complexity index is 189. The maximum Gasteiger partial charge on any atom is 0.377 e. The summed E-state index contributed by atoms with van der Waals surface area (Å²) < 4.78 is 4.28. The summed E-state index contributed by atoms with van der Waals surface area (Å²) in [5.41, 5.74) is 0. The van der Waals surface area contributed by atoms with Gasteiger partial charge >= 0.3 is 5.97 Å². The number of aliphatic hydroxyl groups excluding tert-OH is 3. The number of aliphatic hydroxyl groups is 3. The van der Waals surface area contributed by atoms with Crippen molar-refractivity contribution >= 4 is 11.8 Å². The zero-order chi connectivity index (χ0) is 10.4. The van der Waals surface area contributed by atoms with Crippen LogP contribution in [0.1, 0.15) is 6.92 Å². The molecule has 0 aromatic carbocycles. The lowest BCUT2D eigenvalue weighted by atomic mass is 10.1. The largest absolute Gasteiger partial charge is 0.460 e. The highest BCUT2D eigenvalue weighted by atomic mass is 16.5. The molecule has 0 saturated heterocycles. The highest BCUT2D eigenvalue weighted by molar-refractivity contribution is 6.35. The van der Waals surface area contributed by atoms with Crippen LogP contribution in [0.4, 0.5) is 0 Å². The monoisotopic (exact) mass is 192 g/mol. The van der Waals surface area contributed by atoms with Crippen molar-refractivity contribution in [2.75, 3.05) is 13.2 Å². The number of ketones is 1. The molecule has 0 spiro atoms. The molecule has 76 valence electrons. The van der Waals surface area contributed by atoms with Crippen LogP contribution in [0.15, 0.2) is 0 Å². The summed E-state index contributed by atoms with van der Waals surface area (Å²) in [6.45, 7) is 0.707.